The van der Waals surface area contributed by atoms with Crippen LogP contribution in [0.25, 0.3) is 0 Å². The predicted molar refractivity (Wildman–Crippen MR) is 51.3 cm³/mol. The lowest BCUT2D eigenvalue weighted by Crippen LogP contribution is -2.05. The molecule has 4 heteroatoms. The normalized spacial score (nSPS) is 10.6. The molecular weight excluding hydrogens is 172 g/mol. The summed E-state index contributed by atoms with van der Waals surface area (Å²) in [5, 5.41) is 12.9. The van der Waals surface area contributed by atoms with Crippen molar-refractivity contribution < 1.29 is 5.11 Å². The quantitative estimate of drug-likeness (QED) is 0.763. The summed E-state index contributed by atoms with van der Waals surface area (Å²) in [6.45, 7) is 2.79. The van der Waals surface area contributed by atoms with Gasteiger partial charge in [-0.25, -0.2) is 0 Å². The smallest absolute Gasteiger partial charge is 0.0643 e. The van der Waals surface area contributed by atoms with Crippen LogP contribution in [0.5, 0.6) is 0 Å². The Morgan fingerprint density at radius 2 is 2.42 bits per heavy atom. The van der Waals surface area contributed by atoms with Crippen LogP contribution in [0.1, 0.15) is 11.3 Å². The van der Waals surface area contributed by atoms with Crippen molar-refractivity contribution in [3.05, 3.63) is 17.5 Å². The predicted octanol–water partition coefficient (Wildman–Crippen LogP) is 1.05. The van der Waals surface area contributed by atoms with Crippen molar-refractivity contribution in [1.29, 1.82) is 0 Å². The van der Waals surface area contributed by atoms with E-state index in [2.05, 4.69) is 11.4 Å². The average Bonchev–Trinajstić information content (AvgIpc) is 2.38. The van der Waals surface area contributed by atoms with Crippen LogP contribution in [0.15, 0.2) is 6.20 Å². The van der Waals surface area contributed by atoms with Crippen LogP contribution in [0.4, 0.5) is 0 Å². The molecule has 12 heavy (non-hydrogen) atoms. The fourth-order valence-corrected chi connectivity index (χ4v) is 1.70. The molecule has 0 spiro atoms. The molecule has 0 aliphatic rings. The second-order valence-electron chi connectivity index (χ2n) is 2.63. The molecule has 1 aromatic rings. The number of hydrogen-bond acceptors (Lipinski definition) is 3. The summed E-state index contributed by atoms with van der Waals surface area (Å²) in [5.41, 5.74) is 2.43. The number of rotatable bonds is 4. The standard InChI is InChI=1S/C8H14N2OS/c1-7-8(6-12-2)5-9-10(7)3-4-11/h5,11H,3-4,6H2,1-2H3. The van der Waals surface area contributed by atoms with E-state index in [4.69, 9.17) is 5.11 Å². The minimum Gasteiger partial charge on any atom is -0.394 e. The third kappa shape index (κ3) is 2.01. The van der Waals surface area contributed by atoms with E-state index in [0.29, 0.717) is 6.54 Å². The second kappa shape index (κ2) is 4.52. The molecule has 0 bridgehead atoms. The number of aromatic nitrogens is 2. The first-order chi connectivity index (χ1) is 5.79. The molecule has 1 N–H and O–H groups in total. The molecular formula is C8H14N2OS. The van der Waals surface area contributed by atoms with Crippen molar-refractivity contribution in [3.63, 3.8) is 0 Å². The van der Waals surface area contributed by atoms with E-state index in [1.54, 1.807) is 11.8 Å². The van der Waals surface area contributed by atoms with Gasteiger partial charge in [-0.3, -0.25) is 4.68 Å². The Morgan fingerprint density at radius 1 is 1.67 bits per heavy atom. The van der Waals surface area contributed by atoms with Crippen molar-refractivity contribution in [3.8, 4) is 0 Å². The summed E-state index contributed by atoms with van der Waals surface area (Å²) in [7, 11) is 0. The Hall–Kier alpha value is -0.480. The Bertz CT molecular complexity index is 224. The number of thioether (sulfide) groups is 1. The van der Waals surface area contributed by atoms with E-state index in [9.17, 15) is 0 Å². The van der Waals surface area contributed by atoms with Crippen LogP contribution < -0.4 is 0 Å². The van der Waals surface area contributed by atoms with E-state index in [1.807, 2.05) is 17.8 Å². The van der Waals surface area contributed by atoms with Crippen LogP contribution in [-0.4, -0.2) is 27.7 Å². The minimum absolute atomic E-state index is 0.154. The van der Waals surface area contributed by atoms with Crippen LogP contribution in [0.3, 0.4) is 0 Å². The van der Waals surface area contributed by atoms with Gasteiger partial charge in [0.05, 0.1) is 19.3 Å². The molecule has 0 fully saturated rings. The first-order valence-corrected chi connectivity index (χ1v) is 5.30. The number of aliphatic hydroxyl groups is 1. The highest BCUT2D eigenvalue weighted by molar-refractivity contribution is 7.97. The first-order valence-electron chi connectivity index (χ1n) is 3.90. The number of nitrogens with zero attached hydrogens (tertiary/aromatic N) is 2. The maximum atomic E-state index is 8.72. The van der Waals surface area contributed by atoms with Crippen molar-refractivity contribution >= 4 is 11.8 Å². The largest absolute Gasteiger partial charge is 0.394 e. The molecule has 68 valence electrons. The third-order valence-electron chi connectivity index (χ3n) is 1.82. The fourth-order valence-electron chi connectivity index (χ4n) is 1.10. The molecule has 0 amide bonds. The van der Waals surface area contributed by atoms with E-state index in [-0.39, 0.29) is 6.61 Å². The first kappa shape index (κ1) is 9.61. The summed E-state index contributed by atoms with van der Waals surface area (Å²) >= 11 is 1.78. The Morgan fingerprint density at radius 3 is 3.00 bits per heavy atom. The zero-order chi connectivity index (χ0) is 8.97. The molecule has 0 aliphatic heterocycles. The maximum Gasteiger partial charge on any atom is 0.0643 e. The monoisotopic (exact) mass is 186 g/mol. The van der Waals surface area contributed by atoms with E-state index < -0.39 is 0 Å². The maximum absolute atomic E-state index is 8.72. The Balaban J connectivity index is 2.74. The van der Waals surface area contributed by atoms with Gasteiger partial charge in [0.25, 0.3) is 0 Å². The second-order valence-corrected chi connectivity index (χ2v) is 3.50. The lowest BCUT2D eigenvalue weighted by Gasteiger charge is -2.01. The van der Waals surface area contributed by atoms with Gasteiger partial charge in [-0.2, -0.15) is 16.9 Å². The Labute approximate surface area is 76.8 Å². The number of aliphatic hydroxyl groups excluding tert-OH is 1. The molecule has 0 unspecified atom stereocenters. The van der Waals surface area contributed by atoms with Gasteiger partial charge in [-0.15, -0.1) is 0 Å². The summed E-state index contributed by atoms with van der Waals surface area (Å²) in [6, 6.07) is 0. The lowest BCUT2D eigenvalue weighted by atomic mass is 10.3. The van der Waals surface area contributed by atoms with Gasteiger partial charge in [-0.05, 0) is 13.2 Å². The van der Waals surface area contributed by atoms with E-state index in [1.165, 1.54) is 11.3 Å². The van der Waals surface area contributed by atoms with Gasteiger partial charge in [0.15, 0.2) is 0 Å². The molecule has 3 nitrogen and oxygen atoms in total. The van der Waals surface area contributed by atoms with Crippen LogP contribution in [0, 0.1) is 6.92 Å². The van der Waals surface area contributed by atoms with Crippen molar-refractivity contribution in [1.82, 2.24) is 9.78 Å². The summed E-state index contributed by atoms with van der Waals surface area (Å²) < 4.78 is 1.84. The minimum atomic E-state index is 0.154. The van der Waals surface area contributed by atoms with E-state index in [0.717, 1.165) is 5.75 Å². The van der Waals surface area contributed by atoms with Gasteiger partial charge in [0.1, 0.15) is 0 Å². The van der Waals surface area contributed by atoms with E-state index >= 15 is 0 Å². The zero-order valence-corrected chi connectivity index (χ0v) is 8.27. The zero-order valence-electron chi connectivity index (χ0n) is 7.45. The summed E-state index contributed by atoms with van der Waals surface area (Å²) in [4.78, 5) is 0. The topological polar surface area (TPSA) is 38.0 Å². The van der Waals surface area contributed by atoms with Gasteiger partial charge in [-0.1, -0.05) is 0 Å². The number of hydrogen-bond donors (Lipinski definition) is 1. The average molecular weight is 186 g/mol. The van der Waals surface area contributed by atoms with Gasteiger partial charge >= 0.3 is 0 Å². The van der Waals surface area contributed by atoms with Gasteiger partial charge in [0.2, 0.25) is 0 Å². The molecule has 1 aromatic heterocycles. The molecule has 0 aliphatic carbocycles. The van der Waals surface area contributed by atoms with Gasteiger partial charge in [0, 0.05) is 17.0 Å². The third-order valence-corrected chi connectivity index (χ3v) is 2.42. The molecule has 1 heterocycles. The fraction of sp³-hybridized carbons (Fsp3) is 0.625. The van der Waals surface area contributed by atoms with Crippen LogP contribution in [0.2, 0.25) is 0 Å². The highest BCUT2D eigenvalue weighted by Gasteiger charge is 2.03. The molecule has 0 aromatic carbocycles. The molecule has 1 rings (SSSR count). The molecule has 0 saturated heterocycles. The molecule has 0 radical (unpaired) electrons. The molecule has 0 atom stereocenters. The van der Waals surface area contributed by atoms with Crippen LogP contribution >= 0.6 is 11.8 Å². The van der Waals surface area contributed by atoms with Crippen LogP contribution in [-0.2, 0) is 12.3 Å². The summed E-state index contributed by atoms with van der Waals surface area (Å²) in [5.74, 6) is 0.997. The SMILES string of the molecule is CSCc1cnn(CCO)c1C. The van der Waals surface area contributed by atoms with Gasteiger partial charge < -0.3 is 5.11 Å². The highest BCUT2D eigenvalue weighted by Crippen LogP contribution is 2.12. The Kier molecular flexibility index (Phi) is 3.62. The molecule has 0 saturated carbocycles. The lowest BCUT2D eigenvalue weighted by molar-refractivity contribution is 0.268. The van der Waals surface area contributed by atoms with Crippen molar-refractivity contribution in [2.75, 3.05) is 12.9 Å². The van der Waals surface area contributed by atoms with Crippen molar-refractivity contribution in [2.24, 2.45) is 0 Å². The summed E-state index contributed by atoms with van der Waals surface area (Å²) in [6.07, 6.45) is 3.95. The van der Waals surface area contributed by atoms with Crippen molar-refractivity contribution in [2.45, 2.75) is 19.2 Å². The highest BCUT2D eigenvalue weighted by atomic mass is 32.2.